The molecule has 1 aromatic carbocycles. The van der Waals surface area contributed by atoms with Crippen molar-refractivity contribution in [2.45, 2.75) is 25.7 Å². The van der Waals surface area contributed by atoms with Crippen LogP contribution in [0.15, 0.2) is 30.5 Å². The Balaban J connectivity index is 1.47. The molecule has 3 rings (SSSR count). The topological polar surface area (TPSA) is 58.2 Å². The first-order valence-electron chi connectivity index (χ1n) is 7.80. The van der Waals surface area contributed by atoms with Crippen LogP contribution in [0.25, 0.3) is 0 Å². The second kappa shape index (κ2) is 6.81. The van der Waals surface area contributed by atoms with Crippen LogP contribution in [-0.4, -0.2) is 40.5 Å². The largest absolute Gasteiger partial charge is 0.490 e. The Morgan fingerprint density at radius 2 is 2.30 bits per heavy atom. The number of para-hydroxylation sites is 1. The number of ether oxygens (including phenoxy) is 1. The molecule has 0 unspecified atom stereocenters. The highest BCUT2D eigenvalue weighted by Crippen LogP contribution is 2.25. The molecular weight excluding hydrogens is 297 g/mol. The van der Waals surface area contributed by atoms with Gasteiger partial charge in [-0.25, -0.2) is 9.37 Å². The highest BCUT2D eigenvalue weighted by Gasteiger charge is 2.28. The summed E-state index contributed by atoms with van der Waals surface area (Å²) in [6, 6.07) is 6.21. The zero-order chi connectivity index (χ0) is 16.2. The molecule has 0 bridgehead atoms. The van der Waals surface area contributed by atoms with Gasteiger partial charge in [0.1, 0.15) is 5.82 Å². The second-order valence-electron chi connectivity index (χ2n) is 5.81. The number of likely N-dealkylation sites (tertiary alicyclic amines) is 1. The number of imidazole rings is 1. The molecule has 1 fully saturated rings. The van der Waals surface area contributed by atoms with E-state index in [1.807, 2.05) is 18.0 Å². The van der Waals surface area contributed by atoms with Gasteiger partial charge in [0.25, 0.3) is 0 Å². The number of H-pyrrole nitrogens is 1. The van der Waals surface area contributed by atoms with E-state index in [9.17, 15) is 9.18 Å². The van der Waals surface area contributed by atoms with E-state index in [1.165, 1.54) is 6.07 Å². The zero-order valence-corrected chi connectivity index (χ0v) is 13.1. The fourth-order valence-electron chi connectivity index (χ4n) is 2.82. The maximum atomic E-state index is 13.4. The van der Waals surface area contributed by atoms with E-state index in [-0.39, 0.29) is 30.6 Å². The number of aromatic nitrogens is 2. The Kier molecular flexibility index (Phi) is 4.60. The molecule has 122 valence electrons. The standard InChI is InChI=1S/C17H20FN3O2/c1-12-10-19-17(20-12)13-6-8-21(11-13)16(22)7-9-23-15-5-3-2-4-14(15)18/h2-5,10,13H,6-9,11H2,1H3,(H,19,20)/t13-/m1/s1. The highest BCUT2D eigenvalue weighted by atomic mass is 19.1. The number of carbonyl (C=O) groups is 1. The number of hydrogen-bond donors (Lipinski definition) is 1. The highest BCUT2D eigenvalue weighted by molar-refractivity contribution is 5.76. The van der Waals surface area contributed by atoms with Gasteiger partial charge in [0.05, 0.1) is 13.0 Å². The van der Waals surface area contributed by atoms with Gasteiger partial charge >= 0.3 is 0 Å². The SMILES string of the molecule is Cc1cnc([C@@H]2CCN(C(=O)CCOc3ccccc3F)C2)[nH]1. The van der Waals surface area contributed by atoms with E-state index in [0.717, 1.165) is 24.5 Å². The molecule has 1 aromatic heterocycles. The minimum absolute atomic E-state index is 0.0344. The number of hydrogen-bond acceptors (Lipinski definition) is 3. The fourth-order valence-corrected chi connectivity index (χ4v) is 2.82. The summed E-state index contributed by atoms with van der Waals surface area (Å²) in [5, 5.41) is 0. The molecule has 1 aliphatic rings. The first-order valence-corrected chi connectivity index (χ1v) is 7.80. The monoisotopic (exact) mass is 317 g/mol. The van der Waals surface area contributed by atoms with Gasteiger partial charge in [-0.1, -0.05) is 12.1 Å². The quantitative estimate of drug-likeness (QED) is 0.922. The summed E-state index contributed by atoms with van der Waals surface area (Å²) in [7, 11) is 0. The van der Waals surface area contributed by atoms with Gasteiger partial charge in [0, 0.05) is 30.9 Å². The summed E-state index contributed by atoms with van der Waals surface area (Å²) < 4.78 is 18.8. The van der Waals surface area contributed by atoms with Crippen molar-refractivity contribution in [1.29, 1.82) is 0 Å². The maximum absolute atomic E-state index is 13.4. The molecule has 5 nitrogen and oxygen atoms in total. The Morgan fingerprint density at radius 1 is 1.48 bits per heavy atom. The van der Waals surface area contributed by atoms with Crippen LogP contribution in [0, 0.1) is 12.7 Å². The fraction of sp³-hybridized carbons (Fsp3) is 0.412. The molecule has 1 N–H and O–H groups in total. The third kappa shape index (κ3) is 3.70. The van der Waals surface area contributed by atoms with Crippen molar-refractivity contribution in [3.8, 4) is 5.75 Å². The smallest absolute Gasteiger partial charge is 0.226 e. The molecule has 1 amide bonds. The normalized spacial score (nSPS) is 17.5. The number of amides is 1. The average Bonchev–Trinajstić information content (AvgIpc) is 3.18. The molecule has 0 aliphatic carbocycles. The summed E-state index contributed by atoms with van der Waals surface area (Å²) in [6.07, 6.45) is 2.97. The molecule has 1 aliphatic heterocycles. The molecule has 2 heterocycles. The maximum Gasteiger partial charge on any atom is 0.226 e. The number of nitrogens with one attached hydrogen (secondary N) is 1. The summed E-state index contributed by atoms with van der Waals surface area (Å²) >= 11 is 0. The van der Waals surface area contributed by atoms with E-state index in [0.29, 0.717) is 6.54 Å². The summed E-state index contributed by atoms with van der Waals surface area (Å²) in [6.45, 7) is 3.55. The lowest BCUT2D eigenvalue weighted by Crippen LogP contribution is -2.29. The number of aryl methyl sites for hydroxylation is 1. The number of rotatable bonds is 5. The van der Waals surface area contributed by atoms with Crippen LogP contribution in [0.3, 0.4) is 0 Å². The summed E-state index contributed by atoms with van der Waals surface area (Å²) in [4.78, 5) is 21.6. The van der Waals surface area contributed by atoms with Crippen molar-refractivity contribution in [2.75, 3.05) is 19.7 Å². The van der Waals surface area contributed by atoms with Crippen LogP contribution in [0.1, 0.15) is 30.3 Å². The van der Waals surface area contributed by atoms with Crippen molar-refractivity contribution in [3.05, 3.63) is 47.8 Å². The van der Waals surface area contributed by atoms with Crippen LogP contribution in [-0.2, 0) is 4.79 Å². The number of halogens is 1. The van der Waals surface area contributed by atoms with E-state index in [2.05, 4.69) is 9.97 Å². The van der Waals surface area contributed by atoms with Crippen molar-refractivity contribution in [1.82, 2.24) is 14.9 Å². The van der Waals surface area contributed by atoms with Gasteiger partial charge in [-0.3, -0.25) is 4.79 Å². The molecule has 2 aromatic rings. The van der Waals surface area contributed by atoms with Crippen LogP contribution >= 0.6 is 0 Å². The van der Waals surface area contributed by atoms with E-state index in [1.54, 1.807) is 18.2 Å². The minimum atomic E-state index is -0.408. The molecule has 1 atom stereocenters. The van der Waals surface area contributed by atoms with Gasteiger partial charge < -0.3 is 14.6 Å². The Morgan fingerprint density at radius 3 is 3.04 bits per heavy atom. The molecule has 0 spiro atoms. The lowest BCUT2D eigenvalue weighted by Gasteiger charge is -2.16. The van der Waals surface area contributed by atoms with E-state index in [4.69, 9.17) is 4.74 Å². The minimum Gasteiger partial charge on any atom is -0.490 e. The molecule has 23 heavy (non-hydrogen) atoms. The van der Waals surface area contributed by atoms with Gasteiger partial charge in [-0.05, 0) is 25.5 Å². The Hall–Kier alpha value is -2.37. The number of carbonyl (C=O) groups excluding carboxylic acids is 1. The van der Waals surface area contributed by atoms with Crippen LogP contribution in [0.4, 0.5) is 4.39 Å². The Labute approximate surface area is 134 Å². The predicted molar refractivity (Wildman–Crippen MR) is 83.8 cm³/mol. The van der Waals surface area contributed by atoms with Crippen molar-refractivity contribution < 1.29 is 13.9 Å². The zero-order valence-electron chi connectivity index (χ0n) is 13.1. The molecule has 0 radical (unpaired) electrons. The van der Waals surface area contributed by atoms with Gasteiger partial charge in [0.2, 0.25) is 5.91 Å². The van der Waals surface area contributed by atoms with E-state index >= 15 is 0 Å². The first-order chi connectivity index (χ1) is 11.1. The van der Waals surface area contributed by atoms with E-state index < -0.39 is 5.82 Å². The third-order valence-electron chi connectivity index (χ3n) is 4.06. The summed E-state index contributed by atoms with van der Waals surface area (Å²) in [5.74, 6) is 1.02. The van der Waals surface area contributed by atoms with Crippen LogP contribution in [0.5, 0.6) is 5.75 Å². The molecular formula is C17H20FN3O2. The summed E-state index contributed by atoms with van der Waals surface area (Å²) in [5.41, 5.74) is 1.03. The van der Waals surface area contributed by atoms with Crippen LogP contribution < -0.4 is 4.74 Å². The first kappa shape index (κ1) is 15.5. The number of aromatic amines is 1. The second-order valence-corrected chi connectivity index (χ2v) is 5.81. The lowest BCUT2D eigenvalue weighted by atomic mass is 10.1. The molecule has 6 heteroatoms. The predicted octanol–water partition coefficient (Wildman–Crippen LogP) is 2.64. The number of benzene rings is 1. The molecule has 0 saturated carbocycles. The average molecular weight is 317 g/mol. The van der Waals surface area contributed by atoms with Gasteiger partial charge in [0.15, 0.2) is 11.6 Å². The molecule has 1 saturated heterocycles. The Bertz CT molecular complexity index is 686. The van der Waals surface area contributed by atoms with Gasteiger partial charge in [-0.2, -0.15) is 0 Å². The van der Waals surface area contributed by atoms with Crippen LogP contribution in [0.2, 0.25) is 0 Å². The van der Waals surface area contributed by atoms with Gasteiger partial charge in [-0.15, -0.1) is 0 Å². The van der Waals surface area contributed by atoms with Crippen molar-refractivity contribution in [3.63, 3.8) is 0 Å². The van der Waals surface area contributed by atoms with Crippen molar-refractivity contribution in [2.24, 2.45) is 0 Å². The van der Waals surface area contributed by atoms with Crippen molar-refractivity contribution >= 4 is 5.91 Å². The third-order valence-corrected chi connectivity index (χ3v) is 4.06. The number of nitrogens with zero attached hydrogens (tertiary/aromatic N) is 2. The lowest BCUT2D eigenvalue weighted by molar-refractivity contribution is -0.130.